The van der Waals surface area contributed by atoms with Crippen LogP contribution in [-0.4, -0.2) is 24.3 Å². The zero-order valence-corrected chi connectivity index (χ0v) is 6.09. The second kappa shape index (κ2) is 2.58. The van der Waals surface area contributed by atoms with Gasteiger partial charge in [-0.2, -0.15) is 0 Å². The largest absolute Gasteiger partial charge is 0.481 e. The topological polar surface area (TPSA) is 46.5 Å². The Balaban J connectivity index is 2.43. The highest BCUT2D eigenvalue weighted by Gasteiger charge is 2.31. The summed E-state index contributed by atoms with van der Waals surface area (Å²) in [5.41, 5.74) is -0.105. The number of rotatable bonds is 2. The van der Waals surface area contributed by atoms with Crippen LogP contribution in [0.1, 0.15) is 19.8 Å². The summed E-state index contributed by atoms with van der Waals surface area (Å²) < 4.78 is 5.10. The van der Waals surface area contributed by atoms with Crippen LogP contribution >= 0.6 is 0 Å². The molecule has 0 aromatic carbocycles. The lowest BCUT2D eigenvalue weighted by atomic mass is 9.86. The van der Waals surface area contributed by atoms with E-state index >= 15 is 0 Å². The first-order valence-corrected chi connectivity index (χ1v) is 3.42. The Hall–Kier alpha value is -0.570. The van der Waals surface area contributed by atoms with Crippen LogP contribution in [0.4, 0.5) is 0 Å². The molecule has 1 N–H and O–H groups in total. The molecular weight excluding hydrogens is 132 g/mol. The van der Waals surface area contributed by atoms with Crippen molar-refractivity contribution < 1.29 is 14.6 Å². The summed E-state index contributed by atoms with van der Waals surface area (Å²) in [6.07, 6.45) is 1.10. The first-order valence-electron chi connectivity index (χ1n) is 3.42. The van der Waals surface area contributed by atoms with Crippen LogP contribution in [-0.2, 0) is 9.53 Å². The predicted molar refractivity (Wildman–Crippen MR) is 35.8 cm³/mol. The molecule has 1 fully saturated rings. The first-order chi connectivity index (χ1) is 4.62. The number of ether oxygens (including phenoxy) is 1. The second-order valence-electron chi connectivity index (χ2n) is 3.18. The molecule has 1 aliphatic heterocycles. The average Bonchev–Trinajstić information content (AvgIpc) is 2.12. The van der Waals surface area contributed by atoms with Crippen LogP contribution in [0.2, 0.25) is 0 Å². The fraction of sp³-hybridized carbons (Fsp3) is 0.857. The maximum atomic E-state index is 10.3. The molecule has 1 atom stereocenters. The highest BCUT2D eigenvalue weighted by molar-refractivity contribution is 5.67. The summed E-state index contributed by atoms with van der Waals surface area (Å²) >= 11 is 0. The van der Waals surface area contributed by atoms with E-state index in [4.69, 9.17) is 9.84 Å². The van der Waals surface area contributed by atoms with E-state index in [9.17, 15) is 4.79 Å². The Morgan fingerprint density at radius 1 is 1.80 bits per heavy atom. The zero-order valence-electron chi connectivity index (χ0n) is 6.09. The van der Waals surface area contributed by atoms with E-state index in [1.54, 1.807) is 0 Å². The predicted octanol–water partition coefficient (Wildman–Crippen LogP) is 0.888. The van der Waals surface area contributed by atoms with Gasteiger partial charge in [-0.05, 0) is 6.42 Å². The minimum Gasteiger partial charge on any atom is -0.481 e. The quantitative estimate of drug-likeness (QED) is 0.626. The molecule has 0 aromatic rings. The molecule has 1 aliphatic rings. The van der Waals surface area contributed by atoms with Gasteiger partial charge in [0.05, 0.1) is 13.0 Å². The Morgan fingerprint density at radius 2 is 2.50 bits per heavy atom. The molecule has 3 heteroatoms. The van der Waals surface area contributed by atoms with E-state index in [1.165, 1.54) is 0 Å². The summed E-state index contributed by atoms with van der Waals surface area (Å²) in [4.78, 5) is 10.3. The van der Waals surface area contributed by atoms with Crippen LogP contribution in [0, 0.1) is 5.41 Å². The Labute approximate surface area is 60.0 Å². The lowest BCUT2D eigenvalue weighted by Gasteiger charge is -2.17. The van der Waals surface area contributed by atoms with Crippen molar-refractivity contribution in [2.24, 2.45) is 5.41 Å². The fourth-order valence-corrected chi connectivity index (χ4v) is 1.21. The zero-order chi connectivity index (χ0) is 7.61. The molecule has 0 aliphatic carbocycles. The van der Waals surface area contributed by atoms with Gasteiger partial charge in [0.1, 0.15) is 0 Å². The third kappa shape index (κ3) is 1.70. The molecule has 0 saturated carbocycles. The van der Waals surface area contributed by atoms with Gasteiger partial charge in [0.2, 0.25) is 0 Å². The molecule has 1 unspecified atom stereocenters. The lowest BCUT2D eigenvalue weighted by molar-refractivity contribution is -0.139. The standard InChI is InChI=1S/C7H12O3/c1-7(4-6(8)9)2-3-10-5-7/h2-5H2,1H3,(H,8,9). The number of carbonyl (C=O) groups is 1. The van der Waals surface area contributed by atoms with Gasteiger partial charge in [0.25, 0.3) is 0 Å². The van der Waals surface area contributed by atoms with Gasteiger partial charge in [0.15, 0.2) is 0 Å². The Bertz CT molecular complexity index is 136. The van der Waals surface area contributed by atoms with Crippen LogP contribution in [0.25, 0.3) is 0 Å². The minimum atomic E-state index is -0.729. The highest BCUT2D eigenvalue weighted by Crippen LogP contribution is 2.31. The minimum absolute atomic E-state index is 0.105. The Morgan fingerprint density at radius 3 is 2.90 bits per heavy atom. The summed E-state index contributed by atoms with van der Waals surface area (Å²) in [6.45, 7) is 3.26. The molecule has 10 heavy (non-hydrogen) atoms. The first kappa shape index (κ1) is 7.54. The molecule has 0 spiro atoms. The summed E-state index contributed by atoms with van der Waals surface area (Å²) in [5.74, 6) is -0.729. The van der Waals surface area contributed by atoms with Crippen molar-refractivity contribution in [3.8, 4) is 0 Å². The van der Waals surface area contributed by atoms with Crippen molar-refractivity contribution in [3.63, 3.8) is 0 Å². The van der Waals surface area contributed by atoms with Gasteiger partial charge in [0, 0.05) is 12.0 Å². The van der Waals surface area contributed by atoms with E-state index in [1.807, 2.05) is 6.92 Å². The Kier molecular flexibility index (Phi) is 1.94. The van der Waals surface area contributed by atoms with E-state index in [2.05, 4.69) is 0 Å². The lowest BCUT2D eigenvalue weighted by Crippen LogP contribution is -2.20. The van der Waals surface area contributed by atoms with Crippen LogP contribution in [0.5, 0.6) is 0 Å². The molecule has 0 radical (unpaired) electrons. The van der Waals surface area contributed by atoms with E-state index in [0.717, 1.165) is 6.42 Å². The van der Waals surface area contributed by atoms with E-state index in [-0.39, 0.29) is 11.8 Å². The summed E-state index contributed by atoms with van der Waals surface area (Å²) in [6, 6.07) is 0. The maximum Gasteiger partial charge on any atom is 0.303 e. The molecule has 58 valence electrons. The molecular formula is C7H12O3. The average molecular weight is 144 g/mol. The third-order valence-electron chi connectivity index (χ3n) is 1.88. The SMILES string of the molecule is CC1(CC(=O)O)CCOC1. The summed E-state index contributed by atoms with van der Waals surface area (Å²) in [5, 5.41) is 8.48. The van der Waals surface area contributed by atoms with E-state index in [0.29, 0.717) is 13.2 Å². The van der Waals surface area contributed by atoms with E-state index < -0.39 is 5.97 Å². The molecule has 3 nitrogen and oxygen atoms in total. The highest BCUT2D eigenvalue weighted by atomic mass is 16.5. The monoisotopic (exact) mass is 144 g/mol. The van der Waals surface area contributed by atoms with Crippen LogP contribution in [0.15, 0.2) is 0 Å². The molecule has 1 saturated heterocycles. The van der Waals surface area contributed by atoms with Crippen molar-refractivity contribution in [1.29, 1.82) is 0 Å². The fourth-order valence-electron chi connectivity index (χ4n) is 1.21. The van der Waals surface area contributed by atoms with Gasteiger partial charge in [-0.1, -0.05) is 6.92 Å². The molecule has 0 bridgehead atoms. The number of hydrogen-bond donors (Lipinski definition) is 1. The third-order valence-corrected chi connectivity index (χ3v) is 1.88. The number of hydrogen-bond acceptors (Lipinski definition) is 2. The molecule has 1 rings (SSSR count). The number of carboxylic acid groups (broad SMARTS) is 1. The van der Waals surface area contributed by atoms with Crippen molar-refractivity contribution in [2.75, 3.05) is 13.2 Å². The van der Waals surface area contributed by atoms with Gasteiger partial charge in [-0.25, -0.2) is 0 Å². The second-order valence-corrected chi connectivity index (χ2v) is 3.18. The van der Waals surface area contributed by atoms with Crippen molar-refractivity contribution in [1.82, 2.24) is 0 Å². The molecule has 1 heterocycles. The number of aliphatic carboxylic acids is 1. The van der Waals surface area contributed by atoms with Crippen LogP contribution < -0.4 is 0 Å². The normalized spacial score (nSPS) is 32.5. The van der Waals surface area contributed by atoms with Crippen LogP contribution in [0.3, 0.4) is 0 Å². The smallest absolute Gasteiger partial charge is 0.303 e. The van der Waals surface area contributed by atoms with Crippen molar-refractivity contribution in [3.05, 3.63) is 0 Å². The molecule has 0 amide bonds. The summed E-state index contributed by atoms with van der Waals surface area (Å²) in [7, 11) is 0. The van der Waals surface area contributed by atoms with Gasteiger partial charge >= 0.3 is 5.97 Å². The van der Waals surface area contributed by atoms with Gasteiger partial charge in [-0.3, -0.25) is 4.79 Å². The van der Waals surface area contributed by atoms with Gasteiger partial charge < -0.3 is 9.84 Å². The van der Waals surface area contributed by atoms with Gasteiger partial charge in [-0.15, -0.1) is 0 Å². The maximum absolute atomic E-state index is 10.3. The van der Waals surface area contributed by atoms with Crippen molar-refractivity contribution >= 4 is 5.97 Å². The number of carboxylic acids is 1. The van der Waals surface area contributed by atoms with Crippen molar-refractivity contribution in [2.45, 2.75) is 19.8 Å². The molecule has 0 aromatic heterocycles.